The Labute approximate surface area is 155 Å². The first-order valence-electron chi connectivity index (χ1n) is 1.88. The van der Waals surface area contributed by atoms with Gasteiger partial charge < -0.3 is 31.1 Å². The van der Waals surface area contributed by atoms with Crippen LogP contribution in [0.5, 0.6) is 0 Å². The molecule has 0 saturated heterocycles. The van der Waals surface area contributed by atoms with E-state index in [2.05, 4.69) is 9.47 Å². The molecule has 0 unspecified atom stereocenters. The summed E-state index contributed by atoms with van der Waals surface area (Å²) in [6.45, 7) is 0. The van der Waals surface area contributed by atoms with Gasteiger partial charge in [0, 0.05) is 0 Å². The standard InChI is InChI=1S/C3H2O7.4Mg.8H/c4-1(5)9-3(8)10-2(6)7;;;;;;;;;;;;/h(H,4,5)(H,6,7);;;;;;;;;;;;/q;4*+2;8*-1. The van der Waals surface area contributed by atoms with Crippen LogP contribution >= 0.6 is 0 Å². The van der Waals surface area contributed by atoms with E-state index in [1.165, 1.54) is 0 Å². The summed E-state index contributed by atoms with van der Waals surface area (Å²) in [5, 5.41) is 15.4. The molecule has 0 aromatic carbocycles. The molecule has 7 nitrogen and oxygen atoms in total. The molecule has 11 heteroatoms. The van der Waals surface area contributed by atoms with E-state index in [4.69, 9.17) is 10.2 Å². The summed E-state index contributed by atoms with van der Waals surface area (Å²) >= 11 is 0. The Morgan fingerprint density at radius 3 is 1.14 bits per heavy atom. The molecule has 0 rings (SSSR count). The molecule has 0 aliphatic carbocycles. The van der Waals surface area contributed by atoms with Crippen LogP contribution in [0.15, 0.2) is 0 Å². The second-order valence-corrected chi connectivity index (χ2v) is 0.986. The van der Waals surface area contributed by atoms with Crippen molar-refractivity contribution in [2.45, 2.75) is 0 Å². The minimum atomic E-state index is -1.92. The van der Waals surface area contributed by atoms with Gasteiger partial charge in [0.25, 0.3) is 0 Å². The summed E-state index contributed by atoms with van der Waals surface area (Å²) in [7, 11) is 0. The number of carbonyl (C=O) groups excluding carboxylic acids is 1. The van der Waals surface area contributed by atoms with Gasteiger partial charge in [-0.3, -0.25) is 0 Å². The van der Waals surface area contributed by atoms with Crippen molar-refractivity contribution >= 4 is 111 Å². The average Bonchev–Trinajstić information content (AvgIpc) is 1.58. The second-order valence-electron chi connectivity index (χ2n) is 0.986. The van der Waals surface area contributed by atoms with Crippen molar-refractivity contribution in [3.05, 3.63) is 0 Å². The molecule has 0 fully saturated rings. The summed E-state index contributed by atoms with van der Waals surface area (Å²) in [5.74, 6) is 0. The summed E-state index contributed by atoms with van der Waals surface area (Å²) in [6, 6.07) is 0. The molecular weight excluding hydrogens is 245 g/mol. The minimum absolute atomic E-state index is 0. The largest absolute Gasteiger partial charge is 2.00 e. The number of rotatable bonds is 0. The van der Waals surface area contributed by atoms with Crippen LogP contribution in [0.3, 0.4) is 0 Å². The Balaban J connectivity index is -0.00000000614. The topological polar surface area (TPSA) is 110 Å². The molecule has 2 N–H and O–H groups in total. The molecule has 0 amide bonds. The Morgan fingerprint density at radius 1 is 0.786 bits per heavy atom. The van der Waals surface area contributed by atoms with Crippen molar-refractivity contribution in [1.29, 1.82) is 0 Å². The quantitative estimate of drug-likeness (QED) is 0.352. The Kier molecular flexibility index (Phi) is 35.2. The smallest absolute Gasteiger partial charge is 1.00 e. The SMILES string of the molecule is O=C(O)OC(=O)OC(=O)O.[H-].[H-].[H-].[H-].[H-].[H-].[H-].[H-].[Mg+2].[Mg+2].[Mg+2].[Mg+2]. The van der Waals surface area contributed by atoms with Gasteiger partial charge in [-0.25, -0.2) is 14.4 Å². The molecule has 0 radical (unpaired) electrons. The van der Waals surface area contributed by atoms with Crippen LogP contribution in [0.4, 0.5) is 14.4 Å². The van der Waals surface area contributed by atoms with Gasteiger partial charge in [0.1, 0.15) is 0 Å². The van der Waals surface area contributed by atoms with Crippen molar-refractivity contribution in [3.63, 3.8) is 0 Å². The summed E-state index contributed by atoms with van der Waals surface area (Å²) in [4.78, 5) is 28.8. The van der Waals surface area contributed by atoms with Crippen LogP contribution in [0.25, 0.3) is 0 Å². The van der Waals surface area contributed by atoms with E-state index in [0.717, 1.165) is 0 Å². The van der Waals surface area contributed by atoms with Crippen LogP contribution in [0.2, 0.25) is 0 Å². The second kappa shape index (κ2) is 16.7. The molecule has 0 bridgehead atoms. The Hall–Kier alpha value is 1.27. The van der Waals surface area contributed by atoms with Crippen LogP contribution in [-0.2, 0) is 9.47 Å². The van der Waals surface area contributed by atoms with Gasteiger partial charge in [-0.1, -0.05) is 0 Å². The van der Waals surface area contributed by atoms with Gasteiger partial charge in [-0.15, -0.1) is 0 Å². The number of hydrogen-bond donors (Lipinski definition) is 2. The fourth-order valence-corrected chi connectivity index (χ4v) is 0.163. The van der Waals surface area contributed by atoms with Crippen LogP contribution in [0, 0.1) is 0 Å². The summed E-state index contributed by atoms with van der Waals surface area (Å²) < 4.78 is 6.47. The molecule has 0 atom stereocenters. The molecule has 0 heterocycles. The van der Waals surface area contributed by atoms with E-state index >= 15 is 0 Å². The van der Waals surface area contributed by atoms with E-state index in [1.54, 1.807) is 0 Å². The normalized spacial score (nSPS) is 5.71. The number of carboxylic acid groups (broad SMARTS) is 2. The number of carbonyl (C=O) groups is 3. The molecular formula is C3H10Mg4O7. The fraction of sp³-hybridized carbons (Fsp3) is 0. The zero-order valence-electron chi connectivity index (χ0n) is 15.3. The first-order chi connectivity index (χ1) is 4.52. The van der Waals surface area contributed by atoms with Crippen molar-refractivity contribution < 1.29 is 45.5 Å². The van der Waals surface area contributed by atoms with Gasteiger partial charge in [0.05, 0.1) is 0 Å². The third-order valence-electron chi connectivity index (χ3n) is 0.341. The maximum Gasteiger partial charge on any atom is 2.00 e. The van der Waals surface area contributed by atoms with Crippen molar-refractivity contribution in [3.8, 4) is 0 Å². The molecule has 0 aromatic heterocycles. The monoisotopic (exact) mass is 254 g/mol. The molecule has 0 saturated carbocycles. The van der Waals surface area contributed by atoms with Gasteiger partial charge in [0.2, 0.25) is 0 Å². The average molecular weight is 255 g/mol. The fourth-order valence-electron chi connectivity index (χ4n) is 0.163. The van der Waals surface area contributed by atoms with E-state index in [0.29, 0.717) is 0 Å². The zero-order valence-corrected chi connectivity index (χ0v) is 12.9. The molecule has 0 aliphatic heterocycles. The van der Waals surface area contributed by atoms with Crippen LogP contribution < -0.4 is 0 Å². The van der Waals surface area contributed by atoms with E-state index < -0.39 is 18.5 Å². The maximum absolute atomic E-state index is 9.86. The number of hydrogen-bond acceptors (Lipinski definition) is 5. The molecule has 14 heavy (non-hydrogen) atoms. The van der Waals surface area contributed by atoms with Crippen LogP contribution in [-0.4, -0.2) is 121 Å². The van der Waals surface area contributed by atoms with Crippen molar-refractivity contribution in [1.82, 2.24) is 0 Å². The van der Waals surface area contributed by atoms with E-state index in [1.807, 2.05) is 0 Å². The number of ether oxygens (including phenoxy) is 2. The maximum atomic E-state index is 9.86. The Morgan fingerprint density at radius 2 is 1.00 bits per heavy atom. The van der Waals surface area contributed by atoms with Gasteiger partial charge in [-0.05, 0) is 0 Å². The Bertz CT molecular complexity index is 185. The van der Waals surface area contributed by atoms with Crippen molar-refractivity contribution in [2.75, 3.05) is 0 Å². The molecule has 72 valence electrons. The predicted molar refractivity (Wildman–Crippen MR) is 55.5 cm³/mol. The van der Waals surface area contributed by atoms with Crippen molar-refractivity contribution in [2.24, 2.45) is 0 Å². The first kappa shape index (κ1) is 29.5. The zero-order chi connectivity index (χ0) is 8.15. The van der Waals surface area contributed by atoms with E-state index in [-0.39, 0.29) is 104 Å². The van der Waals surface area contributed by atoms with Gasteiger partial charge in [-0.2, -0.15) is 0 Å². The summed E-state index contributed by atoms with van der Waals surface area (Å²) in [5.41, 5.74) is 0. The van der Waals surface area contributed by atoms with Crippen LogP contribution in [0.1, 0.15) is 11.4 Å². The molecule has 0 aliphatic rings. The molecule has 0 spiro atoms. The van der Waals surface area contributed by atoms with Gasteiger partial charge in [0.15, 0.2) is 0 Å². The predicted octanol–water partition coefficient (Wildman–Crippen LogP) is -0.128. The summed E-state index contributed by atoms with van der Waals surface area (Å²) in [6.07, 6.45) is -5.64. The molecule has 0 aromatic rings. The third-order valence-corrected chi connectivity index (χ3v) is 0.341. The first-order valence-corrected chi connectivity index (χ1v) is 1.88. The van der Waals surface area contributed by atoms with Gasteiger partial charge >= 0.3 is 111 Å². The minimum Gasteiger partial charge on any atom is -1.00 e. The third kappa shape index (κ3) is 23.3. The van der Waals surface area contributed by atoms with E-state index in [9.17, 15) is 14.4 Å².